The van der Waals surface area contributed by atoms with Crippen LogP contribution in [0.3, 0.4) is 0 Å². The van der Waals surface area contributed by atoms with Crippen LogP contribution < -0.4 is 0 Å². The third-order valence-electron chi connectivity index (χ3n) is 9.16. The molecule has 2 heterocycles. The first-order valence-electron chi connectivity index (χ1n) is 17.7. The number of carbonyl (C=O) groups excluding carboxylic acids is 1. The van der Waals surface area contributed by atoms with E-state index in [1.807, 2.05) is 0 Å². The summed E-state index contributed by atoms with van der Waals surface area (Å²) in [6.07, 6.45) is 18.0. The lowest BCUT2D eigenvalue weighted by molar-refractivity contribution is -0.139. The maximum absolute atomic E-state index is 11.7. The van der Waals surface area contributed by atoms with E-state index in [1.54, 1.807) is 13.0 Å². The molecule has 0 bridgehead atoms. The summed E-state index contributed by atoms with van der Waals surface area (Å²) in [5.41, 5.74) is 0.528. The molecule has 2 rings (SSSR count). The average molecular weight is 613 g/mol. The SMILES string of the molecule is CCCCCCCCCCCC[C@H](O)[C@@H]1CC[C@@H]([C@@H](O)CC(O)CCCCC(O)CCCC(O)CC2=CC(C)OC2=O)O1. The van der Waals surface area contributed by atoms with E-state index >= 15 is 0 Å². The Balaban J connectivity index is 1.45. The molecule has 8 nitrogen and oxygen atoms in total. The summed E-state index contributed by atoms with van der Waals surface area (Å²) in [4.78, 5) is 11.7. The van der Waals surface area contributed by atoms with Crippen molar-refractivity contribution in [1.82, 2.24) is 0 Å². The number of ether oxygens (including phenoxy) is 2. The Morgan fingerprint density at radius 2 is 1.19 bits per heavy atom. The molecule has 252 valence electrons. The quantitative estimate of drug-likeness (QED) is 0.0590. The molecule has 1 saturated heterocycles. The zero-order valence-electron chi connectivity index (χ0n) is 27.2. The number of carbonyl (C=O) groups is 1. The van der Waals surface area contributed by atoms with Crippen molar-refractivity contribution in [2.75, 3.05) is 0 Å². The van der Waals surface area contributed by atoms with Gasteiger partial charge in [0.2, 0.25) is 0 Å². The molecule has 1 fully saturated rings. The topological polar surface area (TPSA) is 137 Å². The van der Waals surface area contributed by atoms with E-state index in [-0.39, 0.29) is 37.1 Å². The smallest absolute Gasteiger partial charge is 0.334 e. The van der Waals surface area contributed by atoms with E-state index in [0.717, 1.165) is 38.5 Å². The number of hydrogen-bond donors (Lipinski definition) is 5. The summed E-state index contributed by atoms with van der Waals surface area (Å²) in [7, 11) is 0. The highest BCUT2D eigenvalue weighted by molar-refractivity contribution is 5.90. The molecule has 0 aromatic heterocycles. The van der Waals surface area contributed by atoms with Crippen LogP contribution in [0.25, 0.3) is 0 Å². The van der Waals surface area contributed by atoms with Crippen LogP contribution in [0.4, 0.5) is 0 Å². The molecule has 0 radical (unpaired) electrons. The first-order chi connectivity index (χ1) is 20.7. The number of aliphatic hydroxyl groups is 5. The summed E-state index contributed by atoms with van der Waals surface area (Å²) >= 11 is 0. The molecule has 4 unspecified atom stereocenters. The third-order valence-corrected chi connectivity index (χ3v) is 9.16. The number of hydrogen-bond acceptors (Lipinski definition) is 8. The van der Waals surface area contributed by atoms with Gasteiger partial charge in [-0.2, -0.15) is 0 Å². The van der Waals surface area contributed by atoms with Gasteiger partial charge in [0.15, 0.2) is 0 Å². The molecule has 0 amide bonds. The van der Waals surface area contributed by atoms with E-state index in [4.69, 9.17) is 9.47 Å². The van der Waals surface area contributed by atoms with Crippen LogP contribution in [-0.2, 0) is 14.3 Å². The molecule has 0 aromatic carbocycles. The summed E-state index contributed by atoms with van der Waals surface area (Å²) in [6.45, 7) is 4.04. The number of cyclic esters (lactones) is 1. The molecular formula is C35H64O8. The second-order valence-corrected chi connectivity index (χ2v) is 13.3. The minimum atomic E-state index is -0.744. The Morgan fingerprint density at radius 3 is 1.79 bits per heavy atom. The Bertz CT molecular complexity index is 758. The largest absolute Gasteiger partial charge is 0.455 e. The summed E-state index contributed by atoms with van der Waals surface area (Å²) in [5, 5.41) is 52.1. The van der Waals surface area contributed by atoms with Crippen molar-refractivity contribution in [3.8, 4) is 0 Å². The number of aliphatic hydroxyl groups excluding tert-OH is 5. The maximum Gasteiger partial charge on any atom is 0.334 e. The van der Waals surface area contributed by atoms with Gasteiger partial charge < -0.3 is 35.0 Å². The molecule has 0 aromatic rings. The van der Waals surface area contributed by atoms with E-state index in [0.29, 0.717) is 44.1 Å². The predicted molar refractivity (Wildman–Crippen MR) is 170 cm³/mol. The Morgan fingerprint density at radius 1 is 0.674 bits per heavy atom. The van der Waals surface area contributed by atoms with Gasteiger partial charge in [-0.25, -0.2) is 4.79 Å². The fraction of sp³-hybridized carbons (Fsp3) is 0.914. The van der Waals surface area contributed by atoms with Crippen LogP contribution in [-0.4, -0.2) is 80.3 Å². The molecule has 2 aliphatic heterocycles. The zero-order valence-corrected chi connectivity index (χ0v) is 27.2. The molecule has 0 spiro atoms. The normalized spacial score (nSPS) is 24.0. The highest BCUT2D eigenvalue weighted by atomic mass is 16.5. The monoisotopic (exact) mass is 612 g/mol. The lowest BCUT2D eigenvalue weighted by Crippen LogP contribution is -2.33. The van der Waals surface area contributed by atoms with Crippen molar-refractivity contribution < 1.29 is 39.8 Å². The Labute approximate surface area is 261 Å². The van der Waals surface area contributed by atoms with Crippen molar-refractivity contribution in [2.45, 2.75) is 204 Å². The van der Waals surface area contributed by atoms with Gasteiger partial charge >= 0.3 is 5.97 Å². The fourth-order valence-electron chi connectivity index (χ4n) is 6.46. The van der Waals surface area contributed by atoms with Crippen molar-refractivity contribution >= 4 is 5.97 Å². The number of esters is 1. The molecule has 5 N–H and O–H groups in total. The highest BCUT2D eigenvalue weighted by Gasteiger charge is 2.35. The lowest BCUT2D eigenvalue weighted by atomic mass is 9.98. The minimum Gasteiger partial charge on any atom is -0.455 e. The third kappa shape index (κ3) is 16.7. The number of rotatable bonds is 26. The molecule has 2 aliphatic rings. The van der Waals surface area contributed by atoms with Crippen molar-refractivity contribution in [3.05, 3.63) is 11.6 Å². The van der Waals surface area contributed by atoms with Gasteiger partial charge in [0, 0.05) is 18.4 Å². The first-order valence-corrected chi connectivity index (χ1v) is 17.7. The summed E-state index contributed by atoms with van der Waals surface area (Å²) in [5.74, 6) is -0.352. The van der Waals surface area contributed by atoms with Gasteiger partial charge in [0.1, 0.15) is 6.10 Å². The second kappa shape index (κ2) is 22.5. The molecule has 0 aliphatic carbocycles. The van der Waals surface area contributed by atoms with Crippen LogP contribution in [0.5, 0.6) is 0 Å². The van der Waals surface area contributed by atoms with E-state index in [1.165, 1.54) is 51.4 Å². The van der Waals surface area contributed by atoms with Crippen LogP contribution in [0.15, 0.2) is 11.6 Å². The minimum absolute atomic E-state index is 0.224. The second-order valence-electron chi connectivity index (χ2n) is 13.3. The zero-order chi connectivity index (χ0) is 31.5. The Kier molecular flexibility index (Phi) is 19.9. The maximum atomic E-state index is 11.7. The van der Waals surface area contributed by atoms with E-state index in [9.17, 15) is 30.3 Å². The van der Waals surface area contributed by atoms with Gasteiger partial charge in [-0.3, -0.25) is 0 Å². The summed E-state index contributed by atoms with van der Waals surface area (Å²) < 4.78 is 11.0. The summed E-state index contributed by atoms with van der Waals surface area (Å²) in [6, 6.07) is 0. The average Bonchev–Trinajstić information content (AvgIpc) is 3.58. The van der Waals surface area contributed by atoms with Gasteiger partial charge in [-0.15, -0.1) is 0 Å². The fourth-order valence-corrected chi connectivity index (χ4v) is 6.46. The van der Waals surface area contributed by atoms with Gasteiger partial charge in [0.25, 0.3) is 0 Å². The molecule has 8 atom stereocenters. The highest BCUT2D eigenvalue weighted by Crippen LogP contribution is 2.29. The standard InChI is InChI=1S/C35H64O8/c1-3-4-5-6-7-8-9-10-11-12-20-31(39)33-21-22-34(43-33)32(40)25-30(38)17-14-13-16-28(36)18-15-19-29(37)24-27-23-26(2)42-35(27)41/h23,26,28-34,36-40H,3-22,24-25H2,1-2H3/t26?,28?,29?,30?,31-,32-,33-,34-/m0/s1. The Hall–Kier alpha value is -1.03. The van der Waals surface area contributed by atoms with Crippen LogP contribution in [0.1, 0.15) is 155 Å². The van der Waals surface area contributed by atoms with Gasteiger partial charge in [0.05, 0.1) is 42.7 Å². The van der Waals surface area contributed by atoms with Crippen molar-refractivity contribution in [2.24, 2.45) is 0 Å². The van der Waals surface area contributed by atoms with Gasteiger partial charge in [-0.05, 0) is 64.4 Å². The van der Waals surface area contributed by atoms with Crippen molar-refractivity contribution in [3.63, 3.8) is 0 Å². The van der Waals surface area contributed by atoms with Gasteiger partial charge in [-0.1, -0.05) is 84.0 Å². The molecule has 43 heavy (non-hydrogen) atoms. The van der Waals surface area contributed by atoms with E-state index in [2.05, 4.69) is 6.92 Å². The predicted octanol–water partition coefficient (Wildman–Crippen LogP) is 6.03. The van der Waals surface area contributed by atoms with Crippen LogP contribution in [0.2, 0.25) is 0 Å². The molecular weight excluding hydrogens is 548 g/mol. The molecule has 0 saturated carbocycles. The van der Waals surface area contributed by atoms with Crippen LogP contribution >= 0.6 is 0 Å². The lowest BCUT2D eigenvalue weighted by Gasteiger charge is -2.23. The van der Waals surface area contributed by atoms with Crippen LogP contribution in [0, 0.1) is 0 Å². The first kappa shape index (κ1) is 38.2. The number of unbranched alkanes of at least 4 members (excludes halogenated alkanes) is 10. The van der Waals surface area contributed by atoms with E-state index < -0.39 is 30.5 Å². The molecule has 8 heteroatoms. The van der Waals surface area contributed by atoms with Crippen molar-refractivity contribution in [1.29, 1.82) is 0 Å².